The molecule has 1 atom stereocenters. The van der Waals surface area contributed by atoms with E-state index in [2.05, 4.69) is 20.9 Å². The van der Waals surface area contributed by atoms with Gasteiger partial charge < -0.3 is 19.5 Å². The monoisotopic (exact) mass is 646 g/mol. The summed E-state index contributed by atoms with van der Waals surface area (Å²) in [4.78, 5) is 39.0. The highest BCUT2D eigenvalue weighted by molar-refractivity contribution is 6.42. The first-order valence-corrected chi connectivity index (χ1v) is 16.6. The van der Waals surface area contributed by atoms with Crippen LogP contribution in [0.3, 0.4) is 0 Å². The molecule has 0 radical (unpaired) electrons. The molecule has 1 N–H and O–H groups in total. The van der Waals surface area contributed by atoms with Gasteiger partial charge in [0, 0.05) is 24.4 Å². The molecule has 1 unspecified atom stereocenters. The number of carbonyl (C=O) groups excluding carboxylic acids is 2. The van der Waals surface area contributed by atoms with Gasteiger partial charge in [0.2, 0.25) is 11.7 Å². The summed E-state index contributed by atoms with van der Waals surface area (Å²) in [5.41, 5.74) is 3.56. The minimum Gasteiger partial charge on any atom is -0.491 e. The lowest BCUT2D eigenvalue weighted by Crippen LogP contribution is -2.41. The number of ketones is 1. The van der Waals surface area contributed by atoms with Crippen molar-refractivity contribution >= 4 is 45.9 Å². The number of aromatic amines is 1. The van der Waals surface area contributed by atoms with Crippen molar-refractivity contribution in [1.29, 1.82) is 0 Å². The number of Topliss-reactive ketones (excluding diaryl/α,β-unsaturated/α-hetero) is 1. The maximum Gasteiger partial charge on any atom is 0.227 e. The molecule has 0 aliphatic carbocycles. The summed E-state index contributed by atoms with van der Waals surface area (Å²) in [6.07, 6.45) is 3.76. The van der Waals surface area contributed by atoms with Gasteiger partial charge in [0.15, 0.2) is 5.82 Å². The number of nitrogens with one attached hydrogen (secondary N) is 1. The number of carbonyl (C=O) groups is 2. The highest BCUT2D eigenvalue weighted by Gasteiger charge is 2.42. The van der Waals surface area contributed by atoms with Crippen molar-refractivity contribution in [3.8, 4) is 5.75 Å². The maximum atomic E-state index is 13.6. The Morgan fingerprint density at radius 1 is 1.00 bits per heavy atom. The molecule has 3 heterocycles. The molecular formula is C36H40Cl2N4O3. The molecule has 236 valence electrons. The fourth-order valence-corrected chi connectivity index (χ4v) is 7.13. The maximum absolute atomic E-state index is 13.6. The summed E-state index contributed by atoms with van der Waals surface area (Å²) < 4.78 is 5.84. The Morgan fingerprint density at radius 2 is 1.80 bits per heavy atom. The van der Waals surface area contributed by atoms with E-state index in [1.165, 1.54) is 0 Å². The third-order valence-corrected chi connectivity index (χ3v) is 10.1. The number of imidazole rings is 1. The lowest BCUT2D eigenvalue weighted by Gasteiger charge is -2.36. The summed E-state index contributed by atoms with van der Waals surface area (Å²) >= 11 is 12.8. The first kappa shape index (κ1) is 31.6. The van der Waals surface area contributed by atoms with E-state index >= 15 is 0 Å². The summed E-state index contributed by atoms with van der Waals surface area (Å²) in [6.45, 7) is 7.89. The molecule has 0 bridgehead atoms. The summed E-state index contributed by atoms with van der Waals surface area (Å²) in [5.74, 6) is 1.43. The number of nitrogens with zero attached hydrogens (tertiary/aromatic N) is 3. The Morgan fingerprint density at radius 3 is 2.56 bits per heavy atom. The number of hydrogen-bond donors (Lipinski definition) is 1. The van der Waals surface area contributed by atoms with Crippen LogP contribution >= 0.6 is 23.2 Å². The van der Waals surface area contributed by atoms with Crippen LogP contribution in [0.5, 0.6) is 5.75 Å². The van der Waals surface area contributed by atoms with Crippen LogP contribution in [0.4, 0.5) is 0 Å². The number of aromatic nitrogens is 2. The summed E-state index contributed by atoms with van der Waals surface area (Å²) in [6, 6.07) is 21.5. The van der Waals surface area contributed by atoms with Crippen LogP contribution < -0.4 is 4.74 Å². The van der Waals surface area contributed by atoms with Crippen molar-refractivity contribution in [1.82, 2.24) is 19.8 Å². The van der Waals surface area contributed by atoms with Crippen LogP contribution in [0, 0.1) is 5.92 Å². The second kappa shape index (κ2) is 13.5. The number of H-pyrrole nitrogens is 1. The number of ether oxygens (including phenoxy) is 1. The minimum absolute atomic E-state index is 0.0325. The topological polar surface area (TPSA) is 78.5 Å². The molecule has 45 heavy (non-hydrogen) atoms. The molecule has 0 spiro atoms. The number of piperidine rings is 1. The molecule has 6 rings (SSSR count). The third-order valence-electron chi connectivity index (χ3n) is 9.35. The first-order valence-electron chi connectivity index (χ1n) is 15.9. The average Bonchev–Trinajstić information content (AvgIpc) is 3.67. The summed E-state index contributed by atoms with van der Waals surface area (Å²) in [5, 5.41) is 1.06. The van der Waals surface area contributed by atoms with Gasteiger partial charge in [0.25, 0.3) is 0 Å². The van der Waals surface area contributed by atoms with Crippen molar-refractivity contribution in [2.75, 3.05) is 32.7 Å². The quantitative estimate of drug-likeness (QED) is 0.182. The zero-order chi connectivity index (χ0) is 31.6. The molecule has 3 aromatic carbocycles. The van der Waals surface area contributed by atoms with Gasteiger partial charge in [-0.25, -0.2) is 4.98 Å². The lowest BCUT2D eigenvalue weighted by molar-refractivity contribution is -0.129. The van der Waals surface area contributed by atoms with Crippen molar-refractivity contribution in [3.63, 3.8) is 0 Å². The predicted octanol–water partition coefficient (Wildman–Crippen LogP) is 7.35. The van der Waals surface area contributed by atoms with E-state index in [0.29, 0.717) is 35.4 Å². The zero-order valence-electron chi connectivity index (χ0n) is 25.9. The highest BCUT2D eigenvalue weighted by atomic mass is 35.5. The van der Waals surface area contributed by atoms with Crippen molar-refractivity contribution in [3.05, 3.63) is 93.7 Å². The van der Waals surface area contributed by atoms with Gasteiger partial charge in [0.1, 0.15) is 5.75 Å². The number of likely N-dealkylation sites (tertiary alicyclic amines) is 2. The van der Waals surface area contributed by atoms with Gasteiger partial charge >= 0.3 is 0 Å². The number of rotatable bonds is 10. The van der Waals surface area contributed by atoms with Crippen molar-refractivity contribution < 1.29 is 14.3 Å². The Bertz CT molecular complexity index is 1650. The molecule has 1 aromatic heterocycles. The molecule has 2 saturated heterocycles. The van der Waals surface area contributed by atoms with Crippen LogP contribution in [0.25, 0.3) is 11.0 Å². The van der Waals surface area contributed by atoms with Gasteiger partial charge in [-0.15, -0.1) is 0 Å². The Kier molecular flexibility index (Phi) is 9.50. The Balaban J connectivity index is 1.10. The van der Waals surface area contributed by atoms with Gasteiger partial charge in [-0.05, 0) is 107 Å². The van der Waals surface area contributed by atoms with Crippen LogP contribution in [-0.4, -0.2) is 70.3 Å². The van der Waals surface area contributed by atoms with Crippen LogP contribution in [-0.2, 0) is 16.6 Å². The molecule has 7 nitrogen and oxygen atoms in total. The van der Waals surface area contributed by atoms with Crippen LogP contribution in [0.15, 0.2) is 66.7 Å². The largest absolute Gasteiger partial charge is 0.491 e. The van der Waals surface area contributed by atoms with Crippen molar-refractivity contribution in [2.45, 2.75) is 57.5 Å². The minimum atomic E-state index is -0.229. The predicted molar refractivity (Wildman–Crippen MR) is 179 cm³/mol. The molecule has 2 aliphatic rings. The fourth-order valence-electron chi connectivity index (χ4n) is 6.84. The van der Waals surface area contributed by atoms with Gasteiger partial charge in [0.05, 0.1) is 33.6 Å². The van der Waals surface area contributed by atoms with E-state index in [4.69, 9.17) is 27.9 Å². The zero-order valence-corrected chi connectivity index (χ0v) is 27.4. The van der Waals surface area contributed by atoms with E-state index in [1.807, 2.05) is 79.4 Å². The van der Waals surface area contributed by atoms with Crippen LogP contribution in [0.2, 0.25) is 10.0 Å². The normalized spacial score (nSPS) is 19.4. The molecule has 2 aliphatic heterocycles. The molecule has 9 heteroatoms. The SMILES string of the molecule is CC(C)Oc1cccc(CC(=O)N2CCC(CCN3CCC(C(=O)c4nc5ccccc5[nH]4)CC3)(c3ccc(Cl)c(Cl)c3)C2)c1. The van der Waals surface area contributed by atoms with Gasteiger partial charge in [-0.3, -0.25) is 9.59 Å². The van der Waals surface area contributed by atoms with E-state index in [1.54, 1.807) is 0 Å². The summed E-state index contributed by atoms with van der Waals surface area (Å²) in [7, 11) is 0. The number of amides is 1. The third kappa shape index (κ3) is 7.21. The average molecular weight is 648 g/mol. The van der Waals surface area contributed by atoms with Gasteiger partial charge in [-0.2, -0.15) is 0 Å². The smallest absolute Gasteiger partial charge is 0.227 e. The van der Waals surface area contributed by atoms with E-state index in [-0.39, 0.29) is 29.1 Å². The molecule has 4 aromatic rings. The van der Waals surface area contributed by atoms with E-state index in [9.17, 15) is 9.59 Å². The van der Waals surface area contributed by atoms with Gasteiger partial charge in [-0.1, -0.05) is 53.5 Å². The molecular weight excluding hydrogens is 607 g/mol. The standard InChI is InChI=1S/C36H40Cl2N4O3/c1-24(2)45-28-7-5-6-25(20-28)21-33(43)42-19-15-36(23-42,27-10-11-29(37)30(38)22-27)14-18-41-16-12-26(13-17-41)34(44)35-39-31-8-3-4-9-32(31)40-35/h3-11,20,22,24,26H,12-19,21,23H2,1-2H3,(H,39,40). The number of benzene rings is 3. The van der Waals surface area contributed by atoms with E-state index < -0.39 is 0 Å². The number of halogens is 2. The lowest BCUT2D eigenvalue weighted by atomic mass is 9.76. The van der Waals surface area contributed by atoms with Crippen molar-refractivity contribution in [2.24, 2.45) is 5.92 Å². The second-order valence-corrected chi connectivity index (χ2v) is 13.6. The number of hydrogen-bond acceptors (Lipinski definition) is 5. The molecule has 1 amide bonds. The fraction of sp³-hybridized carbons (Fsp3) is 0.417. The Hall–Kier alpha value is -3.39. The number of para-hydroxylation sites is 2. The first-order chi connectivity index (χ1) is 21.7. The highest BCUT2D eigenvalue weighted by Crippen LogP contribution is 2.41. The molecule has 0 saturated carbocycles. The Labute approximate surface area is 274 Å². The van der Waals surface area contributed by atoms with Crippen LogP contribution in [0.1, 0.15) is 61.3 Å². The molecule has 2 fully saturated rings. The van der Waals surface area contributed by atoms with E-state index in [0.717, 1.165) is 73.2 Å². The number of fused-ring (bicyclic) bond motifs is 1. The second-order valence-electron chi connectivity index (χ2n) is 12.8.